The van der Waals surface area contributed by atoms with E-state index in [0.29, 0.717) is 80.3 Å². The number of carboxylic acid groups (broad SMARTS) is 2. The van der Waals surface area contributed by atoms with Gasteiger partial charge in [-0.3, -0.25) is 10.1 Å². The molecule has 172 valence electrons. The number of nitrogens with zero attached hydrogens (tertiary/aromatic N) is 5. The molecule has 2 fully saturated rings. The molecular formula is C20H26N6O5S. The van der Waals surface area contributed by atoms with Crippen molar-refractivity contribution in [3.63, 3.8) is 0 Å². The molecule has 32 heavy (non-hydrogen) atoms. The smallest absolute Gasteiger partial charge is 0.347 e. The summed E-state index contributed by atoms with van der Waals surface area (Å²) < 4.78 is 0. The molecule has 0 atom stereocenters. The van der Waals surface area contributed by atoms with E-state index in [1.807, 2.05) is 11.0 Å². The third kappa shape index (κ3) is 4.91. The Kier molecular flexibility index (Phi) is 6.42. The maximum absolute atomic E-state index is 11.3. The summed E-state index contributed by atoms with van der Waals surface area (Å²) in [7, 11) is 0. The highest BCUT2D eigenvalue weighted by Crippen LogP contribution is 2.30. The van der Waals surface area contributed by atoms with Crippen molar-refractivity contribution in [2.75, 3.05) is 41.3 Å². The SMILES string of the molecule is Cc1nc(Nc2nc(N3CCC(O)CC3)cc(N3CCC(C(=O)O)CC3)n2)sc1C(=O)O. The molecule has 11 nitrogen and oxygen atoms in total. The van der Waals surface area contributed by atoms with Crippen LogP contribution in [0.3, 0.4) is 0 Å². The molecule has 4 N–H and O–H groups in total. The molecule has 2 aliphatic heterocycles. The first-order valence-electron chi connectivity index (χ1n) is 10.6. The van der Waals surface area contributed by atoms with Crippen LogP contribution in [0, 0.1) is 12.8 Å². The van der Waals surface area contributed by atoms with E-state index in [1.54, 1.807) is 6.92 Å². The van der Waals surface area contributed by atoms with Gasteiger partial charge in [0.15, 0.2) is 5.13 Å². The minimum absolute atomic E-state index is 0.157. The van der Waals surface area contributed by atoms with E-state index in [-0.39, 0.29) is 16.9 Å². The van der Waals surface area contributed by atoms with E-state index >= 15 is 0 Å². The van der Waals surface area contributed by atoms with E-state index in [2.05, 4.69) is 25.2 Å². The number of aryl methyl sites for hydroxylation is 1. The number of hydrogen-bond donors (Lipinski definition) is 4. The van der Waals surface area contributed by atoms with E-state index < -0.39 is 11.9 Å². The van der Waals surface area contributed by atoms with Crippen LogP contribution in [0.15, 0.2) is 6.07 Å². The van der Waals surface area contributed by atoms with Crippen LogP contribution in [-0.4, -0.2) is 74.5 Å². The molecule has 0 spiro atoms. The summed E-state index contributed by atoms with van der Waals surface area (Å²) in [5, 5.41) is 31.8. The molecule has 4 rings (SSSR count). The van der Waals surface area contributed by atoms with Crippen LogP contribution in [-0.2, 0) is 4.79 Å². The van der Waals surface area contributed by atoms with Crippen LogP contribution in [0.25, 0.3) is 0 Å². The van der Waals surface area contributed by atoms with Crippen molar-refractivity contribution in [2.45, 2.75) is 38.7 Å². The molecular weight excluding hydrogens is 436 g/mol. The summed E-state index contributed by atoms with van der Waals surface area (Å²) in [5.74, 6) is -0.459. The van der Waals surface area contributed by atoms with E-state index in [0.717, 1.165) is 11.3 Å². The molecule has 0 saturated carbocycles. The van der Waals surface area contributed by atoms with Crippen molar-refractivity contribution in [3.8, 4) is 0 Å². The Bertz CT molecular complexity index is 998. The van der Waals surface area contributed by atoms with Crippen LogP contribution in [0.5, 0.6) is 0 Å². The number of hydrogen-bond acceptors (Lipinski definition) is 10. The fourth-order valence-electron chi connectivity index (χ4n) is 4.00. The Morgan fingerprint density at radius 1 is 1.00 bits per heavy atom. The van der Waals surface area contributed by atoms with Crippen molar-refractivity contribution >= 4 is 46.0 Å². The molecule has 0 bridgehead atoms. The molecule has 12 heteroatoms. The average molecular weight is 463 g/mol. The molecule has 0 aromatic carbocycles. The van der Waals surface area contributed by atoms with Crippen LogP contribution in [0.1, 0.15) is 41.0 Å². The Balaban J connectivity index is 1.61. The summed E-state index contributed by atoms with van der Waals surface area (Å²) in [6, 6.07) is 1.89. The maximum Gasteiger partial charge on any atom is 0.347 e. The van der Waals surface area contributed by atoms with Crippen LogP contribution >= 0.6 is 11.3 Å². The summed E-state index contributed by atoms with van der Waals surface area (Å²) in [6.45, 7) is 4.12. The topological polar surface area (TPSA) is 152 Å². The first kappa shape index (κ1) is 22.2. The van der Waals surface area contributed by atoms with Crippen LogP contribution in [0.2, 0.25) is 0 Å². The Hall–Kier alpha value is -2.99. The first-order chi connectivity index (χ1) is 15.3. The summed E-state index contributed by atoms with van der Waals surface area (Å²) in [6.07, 6.45) is 2.08. The van der Waals surface area contributed by atoms with Gasteiger partial charge in [-0.1, -0.05) is 11.3 Å². The quantitative estimate of drug-likeness (QED) is 0.498. The van der Waals surface area contributed by atoms with Gasteiger partial charge in [-0.25, -0.2) is 9.78 Å². The Labute approximate surface area is 188 Å². The van der Waals surface area contributed by atoms with Gasteiger partial charge in [0.1, 0.15) is 16.5 Å². The predicted octanol–water partition coefficient (Wildman–Crippen LogP) is 1.95. The van der Waals surface area contributed by atoms with E-state index in [4.69, 9.17) is 0 Å². The molecule has 2 saturated heterocycles. The zero-order valence-electron chi connectivity index (χ0n) is 17.7. The molecule has 0 radical (unpaired) electrons. The standard InChI is InChI=1S/C20H26N6O5S/c1-11-16(18(30)31)32-20(21-11)24-19-22-14(25-6-2-12(3-7-25)17(28)29)10-15(23-19)26-8-4-13(27)5-9-26/h10,12-13,27H,2-9H2,1H3,(H,28,29)(H,30,31)(H,21,22,23,24). The predicted molar refractivity (Wildman–Crippen MR) is 119 cm³/mol. The fraction of sp³-hybridized carbons (Fsp3) is 0.550. The Morgan fingerprint density at radius 2 is 1.56 bits per heavy atom. The lowest BCUT2D eigenvalue weighted by atomic mass is 9.97. The van der Waals surface area contributed by atoms with Gasteiger partial charge in [0, 0.05) is 32.2 Å². The highest BCUT2D eigenvalue weighted by atomic mass is 32.1. The molecule has 0 amide bonds. The fourth-order valence-corrected chi connectivity index (χ4v) is 4.80. The maximum atomic E-state index is 11.3. The number of aromatic nitrogens is 3. The number of nitrogens with one attached hydrogen (secondary N) is 1. The van der Waals surface area contributed by atoms with Gasteiger partial charge in [-0.05, 0) is 32.6 Å². The first-order valence-corrected chi connectivity index (χ1v) is 11.4. The number of aromatic carboxylic acids is 1. The van der Waals surface area contributed by atoms with Crippen LogP contribution < -0.4 is 15.1 Å². The minimum atomic E-state index is -1.03. The second-order valence-electron chi connectivity index (χ2n) is 8.09. The van der Waals surface area contributed by atoms with Gasteiger partial charge in [0.25, 0.3) is 0 Å². The molecule has 2 aromatic rings. The number of aliphatic hydroxyl groups excluding tert-OH is 1. The van der Waals surface area contributed by atoms with E-state index in [9.17, 15) is 24.9 Å². The van der Waals surface area contributed by atoms with E-state index in [1.165, 1.54) is 0 Å². The number of aliphatic hydroxyl groups is 1. The number of piperidine rings is 2. The molecule has 2 aromatic heterocycles. The van der Waals surface area contributed by atoms with Crippen molar-refractivity contribution in [3.05, 3.63) is 16.6 Å². The lowest BCUT2D eigenvalue weighted by Gasteiger charge is -2.33. The largest absolute Gasteiger partial charge is 0.481 e. The summed E-state index contributed by atoms with van der Waals surface area (Å²) >= 11 is 1.02. The molecule has 0 aliphatic carbocycles. The average Bonchev–Trinajstić information content (AvgIpc) is 3.14. The van der Waals surface area contributed by atoms with Crippen LogP contribution in [0.4, 0.5) is 22.7 Å². The van der Waals surface area contributed by atoms with Gasteiger partial charge in [0.05, 0.1) is 17.7 Å². The third-order valence-corrected chi connectivity index (χ3v) is 6.93. The van der Waals surface area contributed by atoms with Crippen molar-refractivity contribution in [2.24, 2.45) is 5.92 Å². The summed E-state index contributed by atoms with van der Waals surface area (Å²) in [4.78, 5) is 40.4. The minimum Gasteiger partial charge on any atom is -0.481 e. The number of carbonyl (C=O) groups is 2. The number of aliphatic carboxylic acids is 1. The molecule has 2 aliphatic rings. The van der Waals surface area contributed by atoms with Crippen molar-refractivity contribution in [1.29, 1.82) is 0 Å². The lowest BCUT2D eigenvalue weighted by molar-refractivity contribution is -0.142. The van der Waals surface area contributed by atoms with Gasteiger partial charge in [-0.2, -0.15) is 9.97 Å². The number of anilines is 4. The Morgan fingerprint density at radius 3 is 2.06 bits per heavy atom. The normalized spacial score (nSPS) is 18.1. The number of carboxylic acids is 2. The summed E-state index contributed by atoms with van der Waals surface area (Å²) in [5.41, 5.74) is 0.419. The van der Waals surface area contributed by atoms with Crippen molar-refractivity contribution < 1.29 is 24.9 Å². The zero-order chi connectivity index (χ0) is 22.8. The number of rotatable bonds is 6. The monoisotopic (exact) mass is 462 g/mol. The third-order valence-electron chi connectivity index (χ3n) is 5.87. The second kappa shape index (κ2) is 9.25. The highest BCUT2D eigenvalue weighted by Gasteiger charge is 2.27. The molecule has 4 heterocycles. The van der Waals surface area contributed by atoms with Gasteiger partial charge in [-0.15, -0.1) is 0 Å². The van der Waals surface area contributed by atoms with Gasteiger partial charge in [0.2, 0.25) is 5.95 Å². The number of thiazole rings is 1. The van der Waals surface area contributed by atoms with Gasteiger partial charge < -0.3 is 25.1 Å². The zero-order valence-corrected chi connectivity index (χ0v) is 18.5. The lowest BCUT2D eigenvalue weighted by Crippen LogP contribution is -2.38. The molecule has 0 unspecified atom stereocenters. The van der Waals surface area contributed by atoms with Gasteiger partial charge >= 0.3 is 11.9 Å². The second-order valence-corrected chi connectivity index (χ2v) is 9.09. The highest BCUT2D eigenvalue weighted by molar-refractivity contribution is 7.17. The van der Waals surface area contributed by atoms with Crippen molar-refractivity contribution in [1.82, 2.24) is 15.0 Å².